The molecule has 0 aliphatic heterocycles. The lowest BCUT2D eigenvalue weighted by molar-refractivity contribution is 0.112. The number of benzene rings is 1. The van der Waals surface area contributed by atoms with Crippen molar-refractivity contribution < 1.29 is 14.3 Å². The third-order valence-electron chi connectivity index (χ3n) is 1.92. The molecule has 0 saturated carbocycles. The third-order valence-corrected chi connectivity index (χ3v) is 1.92. The molecule has 4 heteroatoms. The zero-order valence-corrected chi connectivity index (χ0v) is 8.46. The fourth-order valence-electron chi connectivity index (χ4n) is 1.23. The van der Waals surface area contributed by atoms with Gasteiger partial charge < -0.3 is 14.8 Å². The fourth-order valence-corrected chi connectivity index (χ4v) is 1.23. The van der Waals surface area contributed by atoms with Gasteiger partial charge in [-0.2, -0.15) is 0 Å². The van der Waals surface area contributed by atoms with Crippen molar-refractivity contribution in [3.63, 3.8) is 0 Å². The Bertz CT molecular complexity index is 336. The van der Waals surface area contributed by atoms with Crippen LogP contribution < -0.4 is 14.8 Å². The van der Waals surface area contributed by atoms with E-state index in [1.54, 1.807) is 19.2 Å². The van der Waals surface area contributed by atoms with Crippen molar-refractivity contribution in [2.75, 3.05) is 26.6 Å². The highest BCUT2D eigenvalue weighted by molar-refractivity contribution is 5.83. The van der Waals surface area contributed by atoms with Gasteiger partial charge in [-0.1, -0.05) is 0 Å². The normalized spacial score (nSPS) is 9.36. The van der Waals surface area contributed by atoms with Crippen LogP contribution in [0.15, 0.2) is 12.1 Å². The van der Waals surface area contributed by atoms with Gasteiger partial charge in [-0.05, 0) is 6.07 Å². The predicted octanol–water partition coefficient (Wildman–Crippen LogP) is 1.56. The number of methoxy groups -OCH3 is 2. The molecule has 0 heterocycles. The Morgan fingerprint density at radius 1 is 1.29 bits per heavy atom. The second-order valence-electron chi connectivity index (χ2n) is 2.67. The second-order valence-corrected chi connectivity index (χ2v) is 2.67. The van der Waals surface area contributed by atoms with Crippen molar-refractivity contribution in [2.45, 2.75) is 0 Å². The third kappa shape index (κ3) is 1.79. The quantitative estimate of drug-likeness (QED) is 0.740. The molecule has 1 rings (SSSR count). The van der Waals surface area contributed by atoms with Crippen LogP contribution in [0.4, 0.5) is 5.69 Å². The van der Waals surface area contributed by atoms with E-state index >= 15 is 0 Å². The number of ether oxygens (including phenoxy) is 2. The molecule has 0 bridgehead atoms. The number of nitrogens with one attached hydrogen (secondary N) is 1. The van der Waals surface area contributed by atoms with Gasteiger partial charge in [-0.15, -0.1) is 0 Å². The summed E-state index contributed by atoms with van der Waals surface area (Å²) in [4.78, 5) is 10.8. The molecule has 0 aliphatic rings. The highest BCUT2D eigenvalue weighted by Gasteiger charge is 2.10. The number of hydrogen-bond donors (Lipinski definition) is 1. The number of hydrogen-bond acceptors (Lipinski definition) is 4. The summed E-state index contributed by atoms with van der Waals surface area (Å²) in [6.07, 6.45) is 0.738. The van der Waals surface area contributed by atoms with Crippen molar-refractivity contribution in [3.8, 4) is 11.5 Å². The van der Waals surface area contributed by atoms with Crippen molar-refractivity contribution in [2.24, 2.45) is 0 Å². The summed E-state index contributed by atoms with van der Waals surface area (Å²) in [7, 11) is 4.81. The van der Waals surface area contributed by atoms with E-state index in [4.69, 9.17) is 9.47 Å². The molecule has 0 amide bonds. The molecule has 76 valence electrons. The smallest absolute Gasteiger partial charge is 0.171 e. The first-order valence-electron chi connectivity index (χ1n) is 4.15. The minimum absolute atomic E-state index is 0.460. The molecule has 0 saturated heterocycles. The molecule has 0 fully saturated rings. The Labute approximate surface area is 82.8 Å². The predicted molar refractivity (Wildman–Crippen MR) is 54.5 cm³/mol. The Morgan fingerprint density at radius 2 is 2.00 bits per heavy atom. The number of rotatable bonds is 4. The lowest BCUT2D eigenvalue weighted by Gasteiger charge is -2.11. The van der Waals surface area contributed by atoms with Crippen LogP contribution in [-0.2, 0) is 0 Å². The highest BCUT2D eigenvalue weighted by Crippen LogP contribution is 2.33. The van der Waals surface area contributed by atoms with Crippen molar-refractivity contribution >= 4 is 12.0 Å². The number of carbonyl (C=O) groups excluding carboxylic acids is 1. The molecule has 0 spiro atoms. The monoisotopic (exact) mass is 195 g/mol. The molecule has 4 nitrogen and oxygen atoms in total. The molecule has 14 heavy (non-hydrogen) atoms. The zero-order chi connectivity index (χ0) is 10.6. The van der Waals surface area contributed by atoms with Gasteiger partial charge in [-0.25, -0.2) is 0 Å². The van der Waals surface area contributed by atoms with E-state index in [0.717, 1.165) is 12.0 Å². The Hall–Kier alpha value is -1.71. The zero-order valence-electron chi connectivity index (χ0n) is 8.46. The molecule has 0 radical (unpaired) electrons. The van der Waals surface area contributed by atoms with Crippen LogP contribution in [0.25, 0.3) is 0 Å². The lowest BCUT2D eigenvalue weighted by Crippen LogP contribution is -1.98. The molecule has 1 aromatic carbocycles. The number of carbonyl (C=O) groups is 1. The summed E-state index contributed by atoms with van der Waals surface area (Å²) in [5.74, 6) is 1.00. The van der Waals surface area contributed by atoms with Crippen LogP contribution in [0.5, 0.6) is 11.5 Å². The summed E-state index contributed by atoms with van der Waals surface area (Å²) in [5, 5.41) is 2.93. The van der Waals surface area contributed by atoms with Crippen LogP contribution in [0.3, 0.4) is 0 Å². The molecule has 0 unspecified atom stereocenters. The maximum absolute atomic E-state index is 10.8. The van der Waals surface area contributed by atoms with Gasteiger partial charge in [0.25, 0.3) is 0 Å². The Kier molecular flexibility index (Phi) is 3.34. The van der Waals surface area contributed by atoms with Crippen LogP contribution in [0.2, 0.25) is 0 Å². The van der Waals surface area contributed by atoms with E-state index < -0.39 is 0 Å². The van der Waals surface area contributed by atoms with Gasteiger partial charge >= 0.3 is 0 Å². The fraction of sp³-hybridized carbons (Fsp3) is 0.300. The van der Waals surface area contributed by atoms with Crippen molar-refractivity contribution in [1.29, 1.82) is 0 Å². The van der Waals surface area contributed by atoms with Crippen LogP contribution in [-0.4, -0.2) is 27.6 Å². The van der Waals surface area contributed by atoms with Gasteiger partial charge in [0.05, 0.1) is 19.8 Å². The van der Waals surface area contributed by atoms with Crippen LogP contribution in [0, 0.1) is 0 Å². The van der Waals surface area contributed by atoms with Crippen molar-refractivity contribution in [3.05, 3.63) is 17.7 Å². The van der Waals surface area contributed by atoms with E-state index in [1.807, 2.05) is 0 Å². The first-order valence-corrected chi connectivity index (χ1v) is 4.15. The number of anilines is 1. The summed E-state index contributed by atoms with van der Waals surface area (Å²) < 4.78 is 10.2. The van der Waals surface area contributed by atoms with Gasteiger partial charge in [0.1, 0.15) is 0 Å². The lowest BCUT2D eigenvalue weighted by atomic mass is 10.1. The molecule has 0 atom stereocenters. The van der Waals surface area contributed by atoms with E-state index in [9.17, 15) is 4.79 Å². The van der Waals surface area contributed by atoms with Crippen molar-refractivity contribution in [1.82, 2.24) is 0 Å². The van der Waals surface area contributed by atoms with Gasteiger partial charge in [0.15, 0.2) is 17.8 Å². The second kappa shape index (κ2) is 4.50. The summed E-state index contributed by atoms with van der Waals surface area (Å²) in [6.45, 7) is 0. The summed E-state index contributed by atoms with van der Waals surface area (Å²) in [6, 6.07) is 3.47. The molecule has 0 aromatic heterocycles. The number of aldehydes is 1. The van der Waals surface area contributed by atoms with E-state index in [1.165, 1.54) is 14.2 Å². The summed E-state index contributed by atoms with van der Waals surface area (Å²) >= 11 is 0. The first kappa shape index (κ1) is 10.4. The van der Waals surface area contributed by atoms with E-state index in [-0.39, 0.29) is 0 Å². The minimum atomic E-state index is 0.460. The first-order chi connectivity index (χ1) is 6.76. The molecule has 0 aliphatic carbocycles. The molecule has 1 aromatic rings. The molecular formula is C10H13NO3. The maximum atomic E-state index is 10.8. The summed E-state index contributed by atoms with van der Waals surface area (Å²) in [5.41, 5.74) is 1.28. The van der Waals surface area contributed by atoms with Crippen LogP contribution in [0.1, 0.15) is 10.4 Å². The maximum Gasteiger partial charge on any atom is 0.171 e. The molecule has 1 N–H and O–H groups in total. The molecular weight excluding hydrogens is 182 g/mol. The van der Waals surface area contributed by atoms with E-state index in [0.29, 0.717) is 17.1 Å². The largest absolute Gasteiger partial charge is 0.493 e. The SMILES string of the molecule is CNc1cc(C=O)c(OC)c(OC)c1. The minimum Gasteiger partial charge on any atom is -0.493 e. The highest BCUT2D eigenvalue weighted by atomic mass is 16.5. The Morgan fingerprint density at radius 3 is 2.43 bits per heavy atom. The topological polar surface area (TPSA) is 47.6 Å². The average Bonchev–Trinajstić information content (AvgIpc) is 2.26. The van der Waals surface area contributed by atoms with E-state index in [2.05, 4.69) is 5.32 Å². The standard InChI is InChI=1S/C10H13NO3/c1-11-8-4-7(6-12)10(14-3)9(5-8)13-2/h4-6,11H,1-3H3. The van der Waals surface area contributed by atoms with Gasteiger partial charge in [0.2, 0.25) is 0 Å². The van der Waals surface area contributed by atoms with Crippen LogP contribution >= 0.6 is 0 Å². The van der Waals surface area contributed by atoms with Gasteiger partial charge in [0, 0.05) is 18.8 Å². The Balaban J connectivity index is 3.31. The average molecular weight is 195 g/mol. The van der Waals surface area contributed by atoms with Gasteiger partial charge in [-0.3, -0.25) is 4.79 Å².